The lowest BCUT2D eigenvalue weighted by Crippen LogP contribution is -2.29. The van der Waals surface area contributed by atoms with Crippen molar-refractivity contribution >= 4 is 23.6 Å². The van der Waals surface area contributed by atoms with Crippen LogP contribution in [-0.2, 0) is 14.3 Å². The molecule has 1 atom stereocenters. The minimum absolute atomic E-state index is 0.0305. The van der Waals surface area contributed by atoms with E-state index in [9.17, 15) is 9.59 Å². The molecule has 3 aromatic carbocycles. The Balaban J connectivity index is 1.57. The van der Waals surface area contributed by atoms with Crippen molar-refractivity contribution in [2.75, 3.05) is 11.9 Å². The highest BCUT2D eigenvalue weighted by molar-refractivity contribution is 5.99. The molecule has 0 spiro atoms. The van der Waals surface area contributed by atoms with E-state index in [1.807, 2.05) is 54.6 Å². The Labute approximate surface area is 186 Å². The van der Waals surface area contributed by atoms with Gasteiger partial charge < -0.3 is 14.8 Å². The zero-order valence-electron chi connectivity index (χ0n) is 17.5. The number of benzene rings is 3. The monoisotopic (exact) mass is 426 g/mol. The smallest absolute Gasteiger partial charge is 0.331 e. The lowest BCUT2D eigenvalue weighted by molar-refractivity contribution is -0.148. The molecule has 3 rings (SSSR count). The molecule has 0 saturated heterocycles. The van der Waals surface area contributed by atoms with Crippen LogP contribution < -0.4 is 10.1 Å². The molecule has 0 aliphatic heterocycles. The molecule has 0 saturated carbocycles. The number of amides is 1. The molecular formula is C26H22N2O4. The van der Waals surface area contributed by atoms with Gasteiger partial charge in [-0.2, -0.15) is 5.26 Å². The third-order valence-corrected chi connectivity index (χ3v) is 4.53. The number of hydrogen-bond donors (Lipinski definition) is 1. The predicted molar refractivity (Wildman–Crippen MR) is 123 cm³/mol. The fraction of sp³-hybridized carbons (Fsp3) is 0.115. The number of anilines is 1. The summed E-state index contributed by atoms with van der Waals surface area (Å²) >= 11 is 0. The van der Waals surface area contributed by atoms with Gasteiger partial charge in [-0.1, -0.05) is 60.7 Å². The standard InChI is InChI=1S/C26H22N2O4/c1-19(32-25(29)16-13-20-11-14-22(15-12-20)31-18-17-27)26(30)28-24-10-6-5-9-23(24)21-7-3-2-4-8-21/h2-16,19H,18H2,1H3,(H,28,30)/b16-13+. The van der Waals surface area contributed by atoms with Gasteiger partial charge in [0.1, 0.15) is 11.8 Å². The normalized spacial score (nSPS) is 11.4. The van der Waals surface area contributed by atoms with E-state index in [1.165, 1.54) is 13.0 Å². The van der Waals surface area contributed by atoms with Crippen molar-refractivity contribution in [1.82, 2.24) is 0 Å². The van der Waals surface area contributed by atoms with E-state index in [-0.39, 0.29) is 6.61 Å². The van der Waals surface area contributed by atoms with Gasteiger partial charge in [-0.15, -0.1) is 0 Å². The number of hydrogen-bond acceptors (Lipinski definition) is 5. The number of esters is 1. The van der Waals surface area contributed by atoms with E-state index in [0.717, 1.165) is 16.7 Å². The first-order valence-electron chi connectivity index (χ1n) is 10.0. The van der Waals surface area contributed by atoms with Crippen molar-refractivity contribution in [3.05, 3.63) is 90.5 Å². The third kappa shape index (κ3) is 6.31. The average Bonchev–Trinajstić information content (AvgIpc) is 2.83. The van der Waals surface area contributed by atoms with E-state index in [0.29, 0.717) is 11.4 Å². The van der Waals surface area contributed by atoms with Crippen LogP contribution in [0, 0.1) is 11.3 Å². The molecule has 3 aromatic rings. The maximum atomic E-state index is 12.6. The van der Waals surface area contributed by atoms with Gasteiger partial charge in [0.15, 0.2) is 12.7 Å². The molecule has 0 heterocycles. The van der Waals surface area contributed by atoms with E-state index >= 15 is 0 Å². The van der Waals surface area contributed by atoms with Gasteiger partial charge in [0, 0.05) is 17.3 Å². The molecule has 1 amide bonds. The van der Waals surface area contributed by atoms with Gasteiger partial charge >= 0.3 is 5.97 Å². The summed E-state index contributed by atoms with van der Waals surface area (Å²) in [6, 6.07) is 25.9. The fourth-order valence-electron chi connectivity index (χ4n) is 2.92. The second kappa shape index (κ2) is 11.1. The van der Waals surface area contributed by atoms with E-state index < -0.39 is 18.0 Å². The van der Waals surface area contributed by atoms with Crippen molar-refractivity contribution in [1.29, 1.82) is 5.26 Å². The molecule has 1 unspecified atom stereocenters. The lowest BCUT2D eigenvalue weighted by Gasteiger charge is -2.15. The molecule has 0 aliphatic carbocycles. The van der Waals surface area contributed by atoms with Crippen LogP contribution in [0.5, 0.6) is 5.75 Å². The number of nitriles is 1. The molecule has 0 radical (unpaired) electrons. The molecular weight excluding hydrogens is 404 g/mol. The third-order valence-electron chi connectivity index (χ3n) is 4.53. The Morgan fingerprint density at radius 2 is 1.69 bits per heavy atom. The summed E-state index contributed by atoms with van der Waals surface area (Å²) in [5.74, 6) is -0.490. The maximum absolute atomic E-state index is 12.6. The second-order valence-corrected chi connectivity index (χ2v) is 6.83. The van der Waals surface area contributed by atoms with E-state index in [2.05, 4.69) is 5.32 Å². The van der Waals surface area contributed by atoms with Gasteiger partial charge in [-0.3, -0.25) is 4.79 Å². The van der Waals surface area contributed by atoms with Gasteiger partial charge in [0.2, 0.25) is 0 Å². The Kier molecular flexibility index (Phi) is 7.77. The van der Waals surface area contributed by atoms with Gasteiger partial charge in [-0.25, -0.2) is 4.79 Å². The number of ether oxygens (including phenoxy) is 2. The van der Waals surface area contributed by atoms with Gasteiger partial charge in [0.05, 0.1) is 0 Å². The molecule has 0 fully saturated rings. The molecule has 32 heavy (non-hydrogen) atoms. The predicted octanol–water partition coefficient (Wildman–Crippen LogP) is 4.84. The summed E-state index contributed by atoms with van der Waals surface area (Å²) in [5, 5.41) is 11.4. The number of carbonyl (C=O) groups excluding carboxylic acids is 2. The summed E-state index contributed by atoms with van der Waals surface area (Å²) in [7, 11) is 0. The molecule has 1 N–H and O–H groups in total. The molecule has 0 aliphatic rings. The highest BCUT2D eigenvalue weighted by Crippen LogP contribution is 2.27. The van der Waals surface area contributed by atoms with E-state index in [4.69, 9.17) is 14.7 Å². The Morgan fingerprint density at radius 3 is 2.41 bits per heavy atom. The summed E-state index contributed by atoms with van der Waals surface area (Å²) in [5.41, 5.74) is 3.24. The molecule has 6 heteroatoms. The highest BCUT2D eigenvalue weighted by atomic mass is 16.5. The number of carbonyl (C=O) groups is 2. The Morgan fingerprint density at radius 1 is 1.00 bits per heavy atom. The largest absolute Gasteiger partial charge is 0.479 e. The second-order valence-electron chi connectivity index (χ2n) is 6.83. The lowest BCUT2D eigenvalue weighted by atomic mass is 10.0. The summed E-state index contributed by atoms with van der Waals surface area (Å²) < 4.78 is 10.4. The number of rotatable bonds is 8. The number of nitrogens with one attached hydrogen (secondary N) is 1. The topological polar surface area (TPSA) is 88.4 Å². The van der Waals surface area contributed by atoms with Crippen molar-refractivity contribution in [2.24, 2.45) is 0 Å². The van der Waals surface area contributed by atoms with Gasteiger partial charge in [-0.05, 0) is 42.3 Å². The van der Waals surface area contributed by atoms with Crippen LogP contribution in [-0.4, -0.2) is 24.6 Å². The Hall–Kier alpha value is -4.37. The molecule has 0 aromatic heterocycles. The maximum Gasteiger partial charge on any atom is 0.331 e. The Bertz CT molecular complexity index is 1130. The van der Waals surface area contributed by atoms with Crippen LogP contribution in [0.1, 0.15) is 12.5 Å². The van der Waals surface area contributed by atoms with Crippen LogP contribution in [0.3, 0.4) is 0 Å². The minimum atomic E-state index is -0.974. The SMILES string of the molecule is CC(OC(=O)/C=C/c1ccc(OCC#N)cc1)C(=O)Nc1ccccc1-c1ccccc1. The van der Waals surface area contributed by atoms with Crippen LogP contribution in [0.25, 0.3) is 17.2 Å². The first kappa shape index (κ1) is 22.3. The zero-order chi connectivity index (χ0) is 22.8. The first-order valence-corrected chi connectivity index (χ1v) is 10.0. The fourth-order valence-corrected chi connectivity index (χ4v) is 2.92. The summed E-state index contributed by atoms with van der Waals surface area (Å²) in [6.07, 6.45) is 1.86. The molecule has 6 nitrogen and oxygen atoms in total. The number of para-hydroxylation sites is 1. The van der Waals surface area contributed by atoms with E-state index in [1.54, 1.807) is 36.4 Å². The summed E-state index contributed by atoms with van der Waals surface area (Å²) in [6.45, 7) is 1.49. The van der Waals surface area contributed by atoms with Crippen LogP contribution in [0.4, 0.5) is 5.69 Å². The molecule has 0 bridgehead atoms. The van der Waals surface area contributed by atoms with Crippen molar-refractivity contribution in [2.45, 2.75) is 13.0 Å². The van der Waals surface area contributed by atoms with Crippen molar-refractivity contribution < 1.29 is 19.1 Å². The summed E-state index contributed by atoms with van der Waals surface area (Å²) in [4.78, 5) is 24.7. The highest BCUT2D eigenvalue weighted by Gasteiger charge is 2.18. The van der Waals surface area contributed by atoms with Crippen LogP contribution in [0.2, 0.25) is 0 Å². The number of nitrogens with zero attached hydrogens (tertiary/aromatic N) is 1. The zero-order valence-corrected chi connectivity index (χ0v) is 17.5. The quantitative estimate of drug-likeness (QED) is 0.411. The van der Waals surface area contributed by atoms with Crippen LogP contribution >= 0.6 is 0 Å². The minimum Gasteiger partial charge on any atom is -0.479 e. The van der Waals surface area contributed by atoms with Gasteiger partial charge in [0.25, 0.3) is 5.91 Å². The first-order chi connectivity index (χ1) is 15.6. The molecule has 160 valence electrons. The van der Waals surface area contributed by atoms with Crippen molar-refractivity contribution in [3.8, 4) is 22.9 Å². The average molecular weight is 426 g/mol. The van der Waals surface area contributed by atoms with Crippen LogP contribution in [0.15, 0.2) is 84.9 Å². The van der Waals surface area contributed by atoms with Crippen molar-refractivity contribution in [3.63, 3.8) is 0 Å².